The molecule has 3 heteroatoms. The van der Waals surface area contributed by atoms with Crippen LogP contribution in [0.15, 0.2) is 54.6 Å². The van der Waals surface area contributed by atoms with Crippen molar-refractivity contribution in [1.82, 2.24) is 0 Å². The first-order valence-electron chi connectivity index (χ1n) is 6.37. The molecule has 0 saturated carbocycles. The van der Waals surface area contributed by atoms with E-state index >= 15 is 0 Å². The molecule has 0 spiro atoms. The second-order valence-electron chi connectivity index (χ2n) is 4.69. The number of hydrogen-bond acceptors (Lipinski definition) is 2. The van der Waals surface area contributed by atoms with Crippen molar-refractivity contribution >= 4 is 16.5 Å². The van der Waals surface area contributed by atoms with Crippen LogP contribution in [0.1, 0.15) is 5.56 Å². The van der Waals surface area contributed by atoms with Crippen molar-refractivity contribution in [2.45, 2.75) is 6.92 Å². The first-order valence-corrected chi connectivity index (χ1v) is 6.37. The highest BCUT2D eigenvalue weighted by Gasteiger charge is 2.13. The number of hydrogen-bond donors (Lipinski definition) is 1. The van der Waals surface area contributed by atoms with Gasteiger partial charge in [-0.05, 0) is 30.0 Å². The molecule has 0 aliphatic heterocycles. The van der Waals surface area contributed by atoms with Crippen molar-refractivity contribution in [3.05, 3.63) is 66.0 Å². The molecule has 0 aliphatic carbocycles. The average Bonchev–Trinajstić information content (AvgIpc) is 2.48. The number of nitrogens with two attached hydrogens (primary N) is 1. The van der Waals surface area contributed by atoms with Crippen LogP contribution in [0, 0.1) is 12.7 Å². The maximum Gasteiger partial charge on any atom is 0.186 e. The van der Waals surface area contributed by atoms with E-state index in [0.717, 1.165) is 10.8 Å². The van der Waals surface area contributed by atoms with Gasteiger partial charge in [-0.25, -0.2) is 4.39 Å². The highest BCUT2D eigenvalue weighted by atomic mass is 19.1. The van der Waals surface area contributed by atoms with Crippen LogP contribution in [-0.2, 0) is 0 Å². The molecule has 0 heterocycles. The van der Waals surface area contributed by atoms with Gasteiger partial charge in [0.05, 0.1) is 5.69 Å². The Bertz CT molecular complexity index is 778. The number of fused-ring (bicyclic) bond motifs is 1. The molecule has 0 bridgehead atoms. The molecule has 2 nitrogen and oxygen atoms in total. The van der Waals surface area contributed by atoms with Crippen LogP contribution >= 0.6 is 0 Å². The van der Waals surface area contributed by atoms with Gasteiger partial charge in [0.15, 0.2) is 11.6 Å². The fraction of sp³-hybridized carbons (Fsp3) is 0.0588. The Labute approximate surface area is 116 Å². The molecule has 3 rings (SSSR count). The van der Waals surface area contributed by atoms with Gasteiger partial charge in [0.2, 0.25) is 0 Å². The molecule has 0 unspecified atom stereocenters. The molecule has 100 valence electrons. The molecule has 0 fully saturated rings. The molecule has 3 aromatic rings. The fourth-order valence-corrected chi connectivity index (χ4v) is 2.17. The van der Waals surface area contributed by atoms with Crippen molar-refractivity contribution in [1.29, 1.82) is 0 Å². The second kappa shape index (κ2) is 4.85. The third-order valence-electron chi connectivity index (χ3n) is 3.28. The number of benzene rings is 3. The summed E-state index contributed by atoms with van der Waals surface area (Å²) in [6, 6.07) is 16.8. The van der Waals surface area contributed by atoms with Gasteiger partial charge in [0.1, 0.15) is 5.75 Å². The Kier molecular flexibility index (Phi) is 3.03. The molecule has 0 amide bonds. The summed E-state index contributed by atoms with van der Waals surface area (Å²) in [5, 5.41) is 1.96. The number of aryl methyl sites for hydroxylation is 1. The van der Waals surface area contributed by atoms with E-state index in [1.807, 2.05) is 42.5 Å². The minimum Gasteiger partial charge on any atom is -0.451 e. The van der Waals surface area contributed by atoms with E-state index in [4.69, 9.17) is 10.5 Å². The summed E-state index contributed by atoms with van der Waals surface area (Å²) in [5.41, 5.74) is 6.62. The summed E-state index contributed by atoms with van der Waals surface area (Å²) in [5.74, 6) is 0.263. The lowest BCUT2D eigenvalue weighted by Gasteiger charge is -2.12. The quantitative estimate of drug-likeness (QED) is 0.685. The van der Waals surface area contributed by atoms with Gasteiger partial charge in [0, 0.05) is 5.39 Å². The number of nitrogen functional groups attached to an aromatic ring is 1. The second-order valence-corrected chi connectivity index (χ2v) is 4.69. The summed E-state index contributed by atoms with van der Waals surface area (Å²) in [7, 11) is 0. The predicted molar refractivity (Wildman–Crippen MR) is 79.6 cm³/mol. The van der Waals surface area contributed by atoms with Crippen molar-refractivity contribution in [2.24, 2.45) is 0 Å². The van der Waals surface area contributed by atoms with Crippen LogP contribution in [-0.4, -0.2) is 0 Å². The zero-order valence-electron chi connectivity index (χ0n) is 11.1. The van der Waals surface area contributed by atoms with Crippen molar-refractivity contribution in [2.75, 3.05) is 5.73 Å². The van der Waals surface area contributed by atoms with E-state index in [-0.39, 0.29) is 5.75 Å². The van der Waals surface area contributed by atoms with Gasteiger partial charge in [-0.15, -0.1) is 0 Å². The lowest BCUT2D eigenvalue weighted by Crippen LogP contribution is -1.97. The SMILES string of the molecule is Cc1ccc(N)c(Oc2cccc3ccccc23)c1F. The Morgan fingerprint density at radius 1 is 0.950 bits per heavy atom. The number of ether oxygens (including phenoxy) is 1. The zero-order valence-corrected chi connectivity index (χ0v) is 11.1. The van der Waals surface area contributed by atoms with Crippen molar-refractivity contribution < 1.29 is 9.13 Å². The molecular formula is C17H14FNO. The van der Waals surface area contributed by atoms with E-state index < -0.39 is 5.82 Å². The van der Waals surface area contributed by atoms with Gasteiger partial charge >= 0.3 is 0 Å². The molecule has 0 radical (unpaired) electrons. The molecular weight excluding hydrogens is 253 g/mol. The van der Waals surface area contributed by atoms with Crippen LogP contribution in [0.4, 0.5) is 10.1 Å². The minimum atomic E-state index is -0.419. The van der Waals surface area contributed by atoms with Crippen molar-refractivity contribution in [3.8, 4) is 11.5 Å². The van der Waals surface area contributed by atoms with Gasteiger partial charge in [-0.2, -0.15) is 0 Å². The summed E-state index contributed by atoms with van der Waals surface area (Å²) in [6.45, 7) is 1.69. The smallest absolute Gasteiger partial charge is 0.186 e. The van der Waals surface area contributed by atoms with Gasteiger partial charge < -0.3 is 10.5 Å². The van der Waals surface area contributed by atoms with Crippen LogP contribution < -0.4 is 10.5 Å². The molecule has 2 N–H and O–H groups in total. The van der Waals surface area contributed by atoms with Crippen LogP contribution in [0.2, 0.25) is 0 Å². The van der Waals surface area contributed by atoms with Crippen LogP contribution in [0.25, 0.3) is 10.8 Å². The Balaban J connectivity index is 2.13. The van der Waals surface area contributed by atoms with Gasteiger partial charge in [-0.1, -0.05) is 42.5 Å². The molecule has 0 atom stereocenters. The summed E-state index contributed by atoms with van der Waals surface area (Å²) in [4.78, 5) is 0. The minimum absolute atomic E-state index is 0.0846. The highest BCUT2D eigenvalue weighted by Crippen LogP contribution is 2.35. The fourth-order valence-electron chi connectivity index (χ4n) is 2.17. The van der Waals surface area contributed by atoms with E-state index in [2.05, 4.69) is 0 Å². The van der Waals surface area contributed by atoms with E-state index in [1.54, 1.807) is 19.1 Å². The third kappa shape index (κ3) is 2.07. The molecule has 3 aromatic carbocycles. The summed E-state index contributed by atoms with van der Waals surface area (Å²) < 4.78 is 19.9. The lowest BCUT2D eigenvalue weighted by atomic mass is 10.1. The third-order valence-corrected chi connectivity index (χ3v) is 3.28. The first kappa shape index (κ1) is 12.5. The monoisotopic (exact) mass is 267 g/mol. The number of anilines is 1. The Morgan fingerprint density at radius 3 is 2.55 bits per heavy atom. The van der Waals surface area contributed by atoms with Gasteiger partial charge in [-0.3, -0.25) is 0 Å². The van der Waals surface area contributed by atoms with Gasteiger partial charge in [0.25, 0.3) is 0 Å². The first-order chi connectivity index (χ1) is 9.66. The molecule has 0 aliphatic rings. The standard InChI is InChI=1S/C17H14FNO/c1-11-9-10-14(19)17(16(11)18)20-15-8-4-6-12-5-2-3-7-13(12)15/h2-10H,19H2,1H3. The van der Waals surface area contributed by atoms with Crippen LogP contribution in [0.3, 0.4) is 0 Å². The van der Waals surface area contributed by atoms with E-state index in [0.29, 0.717) is 17.0 Å². The summed E-state index contributed by atoms with van der Waals surface area (Å²) >= 11 is 0. The maximum atomic E-state index is 14.1. The lowest BCUT2D eigenvalue weighted by molar-refractivity contribution is 0.446. The summed E-state index contributed by atoms with van der Waals surface area (Å²) in [6.07, 6.45) is 0. The molecule has 20 heavy (non-hydrogen) atoms. The Morgan fingerprint density at radius 2 is 1.70 bits per heavy atom. The maximum absolute atomic E-state index is 14.1. The highest BCUT2D eigenvalue weighted by molar-refractivity contribution is 5.88. The zero-order chi connectivity index (χ0) is 14.1. The van der Waals surface area contributed by atoms with E-state index in [9.17, 15) is 4.39 Å². The molecule has 0 aromatic heterocycles. The van der Waals surface area contributed by atoms with Crippen molar-refractivity contribution in [3.63, 3.8) is 0 Å². The molecule has 0 saturated heterocycles. The predicted octanol–water partition coefficient (Wildman–Crippen LogP) is 4.66. The number of halogens is 1. The number of rotatable bonds is 2. The Hall–Kier alpha value is -2.55. The topological polar surface area (TPSA) is 35.2 Å². The van der Waals surface area contributed by atoms with Crippen LogP contribution in [0.5, 0.6) is 11.5 Å². The van der Waals surface area contributed by atoms with E-state index in [1.165, 1.54) is 0 Å². The largest absolute Gasteiger partial charge is 0.451 e. The average molecular weight is 267 g/mol. The normalized spacial score (nSPS) is 10.7.